The summed E-state index contributed by atoms with van der Waals surface area (Å²) in [6, 6.07) is 5.78. The van der Waals surface area contributed by atoms with Gasteiger partial charge < -0.3 is 19.3 Å². The Bertz CT molecular complexity index is 810. The highest BCUT2D eigenvalue weighted by atomic mass is 16.6. The third-order valence-electron chi connectivity index (χ3n) is 4.65. The second-order valence-corrected chi connectivity index (χ2v) is 8.05. The third kappa shape index (κ3) is 5.03. The number of hydrogen-bond acceptors (Lipinski definition) is 6. The minimum atomic E-state index is -0.142. The Morgan fingerprint density at radius 2 is 1.96 bits per heavy atom. The van der Waals surface area contributed by atoms with Crippen molar-refractivity contribution in [2.45, 2.75) is 64.8 Å². The molecule has 1 aliphatic heterocycles. The molecule has 1 atom stereocenters. The summed E-state index contributed by atoms with van der Waals surface area (Å²) in [6.45, 7) is 9.28. The molecule has 0 bridgehead atoms. The molecule has 0 radical (unpaired) electrons. The van der Waals surface area contributed by atoms with Crippen molar-refractivity contribution in [3.63, 3.8) is 0 Å². The van der Waals surface area contributed by atoms with E-state index in [0.717, 1.165) is 23.5 Å². The van der Waals surface area contributed by atoms with Crippen LogP contribution in [0.1, 0.15) is 70.3 Å². The smallest absolute Gasteiger partial charge is 0.226 e. The summed E-state index contributed by atoms with van der Waals surface area (Å²) in [7, 11) is 0. The molecule has 1 aliphatic rings. The SMILES string of the molecule is CCC(NC(=O)CCCc1nc(C(C)(C)C)no1)c1ccc2c(c1)OCCO2. The molecule has 28 heavy (non-hydrogen) atoms. The lowest BCUT2D eigenvalue weighted by atomic mass is 9.96. The molecule has 7 nitrogen and oxygen atoms in total. The van der Waals surface area contributed by atoms with Crippen LogP contribution in [0, 0.1) is 0 Å². The summed E-state index contributed by atoms with van der Waals surface area (Å²) in [5, 5.41) is 7.12. The molecule has 1 unspecified atom stereocenters. The van der Waals surface area contributed by atoms with Gasteiger partial charge in [-0.25, -0.2) is 0 Å². The summed E-state index contributed by atoms with van der Waals surface area (Å²) >= 11 is 0. The zero-order chi connectivity index (χ0) is 20.1. The first-order valence-electron chi connectivity index (χ1n) is 9.89. The van der Waals surface area contributed by atoms with E-state index in [2.05, 4.69) is 15.5 Å². The maximum absolute atomic E-state index is 12.4. The zero-order valence-electron chi connectivity index (χ0n) is 17.1. The number of hydrogen-bond donors (Lipinski definition) is 1. The number of nitrogens with zero attached hydrogens (tertiary/aromatic N) is 2. The number of carbonyl (C=O) groups is 1. The number of benzene rings is 1. The molecule has 152 valence electrons. The van der Waals surface area contributed by atoms with Crippen molar-refractivity contribution in [2.75, 3.05) is 13.2 Å². The zero-order valence-corrected chi connectivity index (χ0v) is 17.1. The lowest BCUT2D eigenvalue weighted by Crippen LogP contribution is -2.28. The molecule has 7 heteroatoms. The molecule has 0 saturated heterocycles. The van der Waals surface area contributed by atoms with Gasteiger partial charge in [-0.05, 0) is 30.5 Å². The van der Waals surface area contributed by atoms with Crippen LogP contribution in [0.4, 0.5) is 0 Å². The Balaban J connectivity index is 1.51. The van der Waals surface area contributed by atoms with E-state index in [9.17, 15) is 4.79 Å². The Hall–Kier alpha value is -2.57. The highest BCUT2D eigenvalue weighted by Crippen LogP contribution is 2.33. The summed E-state index contributed by atoms with van der Waals surface area (Å²) in [5.41, 5.74) is 0.878. The van der Waals surface area contributed by atoms with E-state index in [-0.39, 0.29) is 17.4 Å². The van der Waals surface area contributed by atoms with Crippen LogP contribution in [-0.2, 0) is 16.6 Å². The quantitative estimate of drug-likeness (QED) is 0.779. The van der Waals surface area contributed by atoms with Gasteiger partial charge in [-0.15, -0.1) is 0 Å². The fourth-order valence-electron chi connectivity index (χ4n) is 3.03. The van der Waals surface area contributed by atoms with Crippen molar-refractivity contribution in [1.82, 2.24) is 15.5 Å². The van der Waals surface area contributed by atoms with Crippen LogP contribution in [-0.4, -0.2) is 29.3 Å². The van der Waals surface area contributed by atoms with Gasteiger partial charge in [-0.1, -0.05) is 38.9 Å². The van der Waals surface area contributed by atoms with Crippen molar-refractivity contribution in [3.8, 4) is 11.5 Å². The van der Waals surface area contributed by atoms with E-state index in [1.807, 2.05) is 45.9 Å². The molecule has 1 amide bonds. The van der Waals surface area contributed by atoms with Crippen molar-refractivity contribution >= 4 is 5.91 Å². The summed E-state index contributed by atoms with van der Waals surface area (Å²) in [5.74, 6) is 2.78. The minimum absolute atomic E-state index is 0.0114. The number of aromatic nitrogens is 2. The first kappa shape index (κ1) is 20.2. The number of rotatable bonds is 7. The second kappa shape index (κ2) is 8.63. The number of aryl methyl sites for hydroxylation is 1. The molecule has 2 heterocycles. The normalized spacial score (nSPS) is 14.6. The molecular weight excluding hydrogens is 358 g/mol. The predicted octanol–water partition coefficient (Wildman–Crippen LogP) is 3.73. The van der Waals surface area contributed by atoms with Crippen molar-refractivity contribution in [1.29, 1.82) is 0 Å². The van der Waals surface area contributed by atoms with Crippen LogP contribution in [0.15, 0.2) is 22.7 Å². The lowest BCUT2D eigenvalue weighted by molar-refractivity contribution is -0.122. The van der Waals surface area contributed by atoms with Gasteiger partial charge in [0.2, 0.25) is 11.8 Å². The highest BCUT2D eigenvalue weighted by molar-refractivity contribution is 5.76. The Kier molecular flexibility index (Phi) is 6.21. The van der Waals surface area contributed by atoms with Crippen molar-refractivity contribution < 1.29 is 18.8 Å². The largest absolute Gasteiger partial charge is 0.486 e. The Morgan fingerprint density at radius 3 is 2.64 bits per heavy atom. The van der Waals surface area contributed by atoms with Crippen LogP contribution >= 0.6 is 0 Å². The molecule has 1 N–H and O–H groups in total. The Labute approximate surface area is 165 Å². The molecule has 0 aliphatic carbocycles. The average molecular weight is 387 g/mol. The molecule has 2 aromatic rings. The predicted molar refractivity (Wildman–Crippen MR) is 105 cm³/mol. The topological polar surface area (TPSA) is 86.5 Å². The van der Waals surface area contributed by atoms with Gasteiger partial charge in [0, 0.05) is 18.3 Å². The third-order valence-corrected chi connectivity index (χ3v) is 4.65. The van der Waals surface area contributed by atoms with Gasteiger partial charge in [0.25, 0.3) is 0 Å². The fraction of sp³-hybridized carbons (Fsp3) is 0.571. The second-order valence-electron chi connectivity index (χ2n) is 8.05. The van der Waals surface area contributed by atoms with E-state index in [4.69, 9.17) is 14.0 Å². The average Bonchev–Trinajstić information content (AvgIpc) is 3.15. The molecule has 0 spiro atoms. The van der Waals surface area contributed by atoms with Gasteiger partial charge in [-0.3, -0.25) is 4.79 Å². The first-order chi connectivity index (χ1) is 13.4. The van der Waals surface area contributed by atoms with Gasteiger partial charge in [-0.2, -0.15) is 4.98 Å². The lowest BCUT2D eigenvalue weighted by Gasteiger charge is -2.22. The molecule has 1 aromatic heterocycles. The van der Waals surface area contributed by atoms with Crippen molar-refractivity contribution in [3.05, 3.63) is 35.5 Å². The summed E-state index contributed by atoms with van der Waals surface area (Å²) in [4.78, 5) is 16.8. The molecule has 0 fully saturated rings. The van der Waals surface area contributed by atoms with Crippen LogP contribution in [0.3, 0.4) is 0 Å². The molecule has 1 aromatic carbocycles. The van der Waals surface area contributed by atoms with Crippen LogP contribution < -0.4 is 14.8 Å². The molecular formula is C21H29N3O4. The number of amides is 1. The monoisotopic (exact) mass is 387 g/mol. The number of carbonyl (C=O) groups excluding carboxylic acids is 1. The fourth-order valence-corrected chi connectivity index (χ4v) is 3.03. The van der Waals surface area contributed by atoms with E-state index >= 15 is 0 Å². The van der Waals surface area contributed by atoms with Gasteiger partial charge >= 0.3 is 0 Å². The summed E-state index contributed by atoms with van der Waals surface area (Å²) < 4.78 is 16.5. The molecule has 0 saturated carbocycles. The van der Waals surface area contributed by atoms with Gasteiger partial charge in [0.1, 0.15) is 13.2 Å². The van der Waals surface area contributed by atoms with E-state index < -0.39 is 0 Å². The number of fused-ring (bicyclic) bond motifs is 1. The van der Waals surface area contributed by atoms with Gasteiger partial charge in [0.05, 0.1) is 6.04 Å². The standard InChI is InChI=1S/C21H29N3O4/c1-5-15(14-9-10-16-17(13-14)27-12-11-26-16)22-18(25)7-6-8-19-23-20(24-28-19)21(2,3)4/h9-10,13,15H,5-8,11-12H2,1-4H3,(H,22,25). The van der Waals surface area contributed by atoms with Crippen LogP contribution in [0.25, 0.3) is 0 Å². The maximum Gasteiger partial charge on any atom is 0.226 e. The number of ether oxygens (including phenoxy) is 2. The Morgan fingerprint density at radius 1 is 1.21 bits per heavy atom. The van der Waals surface area contributed by atoms with E-state index in [0.29, 0.717) is 44.2 Å². The summed E-state index contributed by atoms with van der Waals surface area (Å²) in [6.07, 6.45) is 2.46. The van der Waals surface area contributed by atoms with Crippen molar-refractivity contribution in [2.24, 2.45) is 0 Å². The van der Waals surface area contributed by atoms with Crippen LogP contribution in [0.2, 0.25) is 0 Å². The van der Waals surface area contributed by atoms with E-state index in [1.165, 1.54) is 0 Å². The molecule has 3 rings (SSSR count). The first-order valence-corrected chi connectivity index (χ1v) is 9.89. The van der Waals surface area contributed by atoms with Crippen LogP contribution in [0.5, 0.6) is 11.5 Å². The maximum atomic E-state index is 12.4. The number of nitrogens with one attached hydrogen (secondary N) is 1. The minimum Gasteiger partial charge on any atom is -0.486 e. The highest BCUT2D eigenvalue weighted by Gasteiger charge is 2.21. The van der Waals surface area contributed by atoms with E-state index in [1.54, 1.807) is 0 Å². The van der Waals surface area contributed by atoms with Gasteiger partial charge in [0.15, 0.2) is 17.3 Å².